The van der Waals surface area contributed by atoms with Crippen LogP contribution < -0.4 is 9.88 Å². The molecule has 4 atom stereocenters. The first kappa shape index (κ1) is 22.4. The SMILES string of the molecule is Cc1cc(C)cc(C2=CC=C[C@@H]3C([Si](C)(C)N4c5ccccc5Nc5ccccc54)[C@H](C)C[C@H]23)c1. The molecule has 0 spiro atoms. The van der Waals surface area contributed by atoms with E-state index in [2.05, 4.69) is 129 Å². The van der Waals surface area contributed by atoms with Crippen LogP contribution in [0.2, 0.25) is 18.6 Å². The quantitative estimate of drug-likeness (QED) is 0.379. The number of nitrogens with one attached hydrogen (secondary N) is 1. The van der Waals surface area contributed by atoms with Crippen molar-refractivity contribution in [3.8, 4) is 0 Å². The highest BCUT2D eigenvalue weighted by molar-refractivity contribution is 6.84. The van der Waals surface area contributed by atoms with Crippen molar-refractivity contribution in [3.63, 3.8) is 0 Å². The summed E-state index contributed by atoms with van der Waals surface area (Å²) in [7, 11) is -1.98. The first-order chi connectivity index (χ1) is 16.8. The molecule has 3 aromatic rings. The second kappa shape index (κ2) is 8.27. The topological polar surface area (TPSA) is 15.3 Å². The zero-order valence-corrected chi connectivity index (χ0v) is 22.5. The summed E-state index contributed by atoms with van der Waals surface area (Å²) in [5.74, 6) is 1.86. The second-order valence-electron chi connectivity index (χ2n) is 11.5. The number of fused-ring (bicyclic) bond motifs is 3. The molecule has 1 heterocycles. The Morgan fingerprint density at radius 3 is 2.09 bits per heavy atom. The fourth-order valence-corrected chi connectivity index (χ4v) is 12.3. The van der Waals surface area contributed by atoms with Crippen LogP contribution >= 0.6 is 0 Å². The number of hydrogen-bond donors (Lipinski definition) is 1. The largest absolute Gasteiger partial charge is 0.366 e. The second-order valence-corrected chi connectivity index (χ2v) is 15.9. The minimum Gasteiger partial charge on any atom is -0.366 e. The first-order valence-corrected chi connectivity index (χ1v) is 16.1. The van der Waals surface area contributed by atoms with Gasteiger partial charge in [-0.05, 0) is 79.0 Å². The molecule has 2 aliphatic carbocycles. The van der Waals surface area contributed by atoms with Gasteiger partial charge in [0.2, 0.25) is 0 Å². The molecule has 1 fully saturated rings. The van der Waals surface area contributed by atoms with Crippen LogP contribution in [0.4, 0.5) is 22.7 Å². The Morgan fingerprint density at radius 1 is 0.857 bits per heavy atom. The van der Waals surface area contributed by atoms with Gasteiger partial charge < -0.3 is 9.88 Å². The Labute approximate surface area is 211 Å². The van der Waals surface area contributed by atoms with E-state index in [1.54, 1.807) is 5.57 Å². The van der Waals surface area contributed by atoms with Crippen LogP contribution in [0, 0.1) is 31.6 Å². The lowest BCUT2D eigenvalue weighted by Crippen LogP contribution is -2.53. The van der Waals surface area contributed by atoms with Crippen LogP contribution in [0.25, 0.3) is 5.57 Å². The van der Waals surface area contributed by atoms with Crippen molar-refractivity contribution in [2.75, 3.05) is 9.88 Å². The van der Waals surface area contributed by atoms with Crippen LogP contribution in [0.3, 0.4) is 0 Å². The lowest BCUT2D eigenvalue weighted by Gasteiger charge is -2.49. The standard InChI is InChI=1S/C32H36N2Si/c1-21-17-22(2)19-24(18-21)25-11-10-12-26-27(25)20-23(3)32(26)35(4,5)34-30-15-8-6-13-28(30)33-29-14-7-9-16-31(29)34/h6-19,23,26-27,32-33H,20H2,1-5H3/t23-,26+,27-,32?/m1/s1. The van der Waals surface area contributed by atoms with Crippen molar-refractivity contribution in [1.82, 2.24) is 0 Å². The number of hydrogen-bond acceptors (Lipinski definition) is 2. The number of nitrogens with zero attached hydrogens (tertiary/aromatic N) is 1. The zero-order valence-electron chi connectivity index (χ0n) is 21.5. The summed E-state index contributed by atoms with van der Waals surface area (Å²) in [6.07, 6.45) is 8.56. The number of aryl methyl sites for hydroxylation is 2. The van der Waals surface area contributed by atoms with Crippen LogP contribution in [0.15, 0.2) is 85.0 Å². The van der Waals surface area contributed by atoms with Crippen molar-refractivity contribution < 1.29 is 0 Å². The maximum atomic E-state index is 3.70. The van der Waals surface area contributed by atoms with Gasteiger partial charge in [0, 0.05) is 0 Å². The van der Waals surface area contributed by atoms with E-state index in [4.69, 9.17) is 0 Å². The van der Waals surface area contributed by atoms with Crippen LogP contribution in [-0.2, 0) is 0 Å². The fourth-order valence-electron chi connectivity index (χ4n) is 7.55. The first-order valence-electron chi connectivity index (χ1n) is 13.1. The van der Waals surface area contributed by atoms with Gasteiger partial charge in [0.15, 0.2) is 8.24 Å². The van der Waals surface area contributed by atoms with Crippen LogP contribution in [0.1, 0.15) is 30.0 Å². The molecular weight excluding hydrogens is 440 g/mol. The molecule has 178 valence electrons. The summed E-state index contributed by atoms with van der Waals surface area (Å²) in [5, 5.41) is 3.70. The van der Waals surface area contributed by atoms with Crippen molar-refractivity contribution in [1.29, 1.82) is 0 Å². The van der Waals surface area contributed by atoms with Gasteiger partial charge >= 0.3 is 0 Å². The molecule has 3 aliphatic rings. The molecule has 1 unspecified atom stereocenters. The Morgan fingerprint density at radius 2 is 1.46 bits per heavy atom. The highest BCUT2D eigenvalue weighted by Gasteiger charge is 2.53. The lowest BCUT2D eigenvalue weighted by molar-refractivity contribution is 0.550. The van der Waals surface area contributed by atoms with Gasteiger partial charge in [-0.3, -0.25) is 0 Å². The molecule has 1 saturated carbocycles. The molecule has 0 amide bonds. The van der Waals surface area contributed by atoms with Gasteiger partial charge in [0.05, 0.1) is 22.7 Å². The molecule has 1 N–H and O–H groups in total. The fraction of sp³-hybridized carbons (Fsp3) is 0.312. The van der Waals surface area contributed by atoms with Crippen LogP contribution in [-0.4, -0.2) is 8.24 Å². The molecule has 0 saturated heterocycles. The maximum Gasteiger partial charge on any atom is 0.160 e. The highest BCUT2D eigenvalue weighted by Crippen LogP contribution is 2.59. The summed E-state index contributed by atoms with van der Waals surface area (Å²) in [6, 6.07) is 24.8. The van der Waals surface area contributed by atoms with E-state index in [1.807, 2.05) is 0 Å². The Kier molecular flexibility index (Phi) is 5.30. The number of allylic oxidation sites excluding steroid dienone is 4. The predicted octanol–water partition coefficient (Wildman–Crippen LogP) is 9.00. The van der Waals surface area contributed by atoms with E-state index >= 15 is 0 Å². The van der Waals surface area contributed by atoms with E-state index in [-0.39, 0.29) is 0 Å². The molecule has 1 aliphatic heterocycles. The van der Waals surface area contributed by atoms with Crippen molar-refractivity contribution in [2.24, 2.45) is 17.8 Å². The third kappa shape index (κ3) is 3.60. The van der Waals surface area contributed by atoms with Gasteiger partial charge in [-0.2, -0.15) is 0 Å². The average Bonchev–Trinajstić information content (AvgIpc) is 3.18. The highest BCUT2D eigenvalue weighted by atomic mass is 28.3. The predicted molar refractivity (Wildman–Crippen MR) is 153 cm³/mol. The molecule has 0 aromatic heterocycles. The van der Waals surface area contributed by atoms with Gasteiger partial charge in [0.25, 0.3) is 0 Å². The third-order valence-electron chi connectivity index (χ3n) is 8.63. The summed E-state index contributed by atoms with van der Waals surface area (Å²) in [6.45, 7) is 12.2. The van der Waals surface area contributed by atoms with E-state index in [1.165, 1.54) is 45.9 Å². The Balaban J connectivity index is 1.42. The van der Waals surface area contributed by atoms with Crippen LogP contribution in [0.5, 0.6) is 0 Å². The maximum absolute atomic E-state index is 3.70. The number of benzene rings is 3. The number of rotatable bonds is 3. The number of para-hydroxylation sites is 4. The van der Waals surface area contributed by atoms with Gasteiger partial charge in [-0.1, -0.05) is 91.8 Å². The van der Waals surface area contributed by atoms with Gasteiger partial charge in [-0.25, -0.2) is 0 Å². The molecule has 35 heavy (non-hydrogen) atoms. The molecule has 6 rings (SSSR count). The minimum absolute atomic E-state index is 0.585. The Hall–Kier alpha value is -3.04. The third-order valence-corrected chi connectivity index (χ3v) is 12.9. The van der Waals surface area contributed by atoms with E-state index in [0.717, 1.165) is 0 Å². The monoisotopic (exact) mass is 476 g/mol. The summed E-state index contributed by atoms with van der Waals surface area (Å²) in [4.78, 5) is 0. The van der Waals surface area contributed by atoms with Crippen molar-refractivity contribution >= 4 is 36.6 Å². The minimum atomic E-state index is -1.98. The normalized spacial score (nSPS) is 24.8. The molecular formula is C32H36N2Si. The molecule has 3 heteroatoms. The molecule has 0 radical (unpaired) electrons. The Bertz CT molecular complexity index is 1290. The van der Waals surface area contributed by atoms with Crippen molar-refractivity contribution in [2.45, 2.75) is 45.8 Å². The molecule has 0 bridgehead atoms. The average molecular weight is 477 g/mol. The summed E-state index contributed by atoms with van der Waals surface area (Å²) in [5.41, 5.74) is 11.5. The summed E-state index contributed by atoms with van der Waals surface area (Å²) < 4.78 is 2.76. The van der Waals surface area contributed by atoms with E-state index in [0.29, 0.717) is 23.3 Å². The van der Waals surface area contributed by atoms with E-state index < -0.39 is 8.24 Å². The number of anilines is 4. The van der Waals surface area contributed by atoms with Gasteiger partial charge in [0.1, 0.15) is 0 Å². The van der Waals surface area contributed by atoms with E-state index in [9.17, 15) is 0 Å². The smallest absolute Gasteiger partial charge is 0.160 e. The van der Waals surface area contributed by atoms with Crippen molar-refractivity contribution in [3.05, 3.63) is 102 Å². The lowest BCUT2D eigenvalue weighted by atomic mass is 9.80. The molecule has 3 aromatic carbocycles. The zero-order chi connectivity index (χ0) is 24.3. The summed E-state index contributed by atoms with van der Waals surface area (Å²) >= 11 is 0. The molecule has 2 nitrogen and oxygen atoms in total. The van der Waals surface area contributed by atoms with Gasteiger partial charge in [-0.15, -0.1) is 0 Å².